The number of ether oxygens (including phenoxy) is 1. The van der Waals surface area contributed by atoms with Gasteiger partial charge >= 0.3 is 0 Å². The molecule has 11 nitrogen and oxygen atoms in total. The van der Waals surface area contributed by atoms with E-state index in [2.05, 4.69) is 20.0 Å². The number of hydrogen-bond acceptors (Lipinski definition) is 8. The van der Waals surface area contributed by atoms with Gasteiger partial charge in [0.2, 0.25) is 11.9 Å². The van der Waals surface area contributed by atoms with Crippen molar-refractivity contribution >= 4 is 43.3 Å². The summed E-state index contributed by atoms with van der Waals surface area (Å²) in [5.74, 6) is -0.408. The second kappa shape index (κ2) is 12.1. The van der Waals surface area contributed by atoms with E-state index in [-0.39, 0.29) is 27.1 Å². The third-order valence-corrected chi connectivity index (χ3v) is 8.64. The van der Waals surface area contributed by atoms with Crippen molar-refractivity contribution in [2.24, 2.45) is 0 Å². The molecule has 4 aromatic rings. The summed E-state index contributed by atoms with van der Waals surface area (Å²) in [5.41, 5.74) is 1.07. The van der Waals surface area contributed by atoms with E-state index in [1.165, 1.54) is 42.6 Å². The van der Waals surface area contributed by atoms with Crippen molar-refractivity contribution in [1.29, 1.82) is 0 Å². The largest absolute Gasteiger partial charge is 0.492 e. The van der Waals surface area contributed by atoms with Crippen LogP contribution in [-0.2, 0) is 24.8 Å². The molecule has 0 aliphatic carbocycles. The van der Waals surface area contributed by atoms with Gasteiger partial charge in [-0.05, 0) is 68.4 Å². The van der Waals surface area contributed by atoms with Crippen molar-refractivity contribution in [3.8, 4) is 5.75 Å². The molecule has 0 radical (unpaired) electrons. The minimum absolute atomic E-state index is 0.00810. The third-order valence-electron chi connectivity index (χ3n) is 5.52. The lowest BCUT2D eigenvalue weighted by Crippen LogP contribution is -2.38. The molecule has 1 aromatic heterocycles. The smallest absolute Gasteiger partial charge is 0.264 e. The predicted molar refractivity (Wildman–Crippen MR) is 151 cm³/mol. The molecule has 4 rings (SSSR count). The molecule has 1 amide bonds. The number of aromatic nitrogens is 2. The molecule has 0 aliphatic heterocycles. The number of benzene rings is 3. The van der Waals surface area contributed by atoms with Crippen LogP contribution in [0.15, 0.2) is 101 Å². The number of nitrogens with one attached hydrogen (secondary N) is 2. The Balaban J connectivity index is 1.56. The maximum absolute atomic E-state index is 13.6. The van der Waals surface area contributed by atoms with Gasteiger partial charge < -0.3 is 10.1 Å². The first kappa shape index (κ1) is 28.5. The summed E-state index contributed by atoms with van der Waals surface area (Å²) >= 11 is 0. The molecule has 0 saturated heterocycles. The van der Waals surface area contributed by atoms with Gasteiger partial charge in [0.1, 0.15) is 12.3 Å². The highest BCUT2D eigenvalue weighted by atomic mass is 32.2. The quantitative estimate of drug-likeness (QED) is 0.272. The fourth-order valence-corrected chi connectivity index (χ4v) is 6.09. The Labute approximate surface area is 233 Å². The van der Waals surface area contributed by atoms with Crippen molar-refractivity contribution < 1.29 is 26.4 Å². The first-order valence-corrected chi connectivity index (χ1v) is 15.0. The van der Waals surface area contributed by atoms with E-state index in [1.807, 2.05) is 0 Å². The third kappa shape index (κ3) is 6.74. The van der Waals surface area contributed by atoms with Gasteiger partial charge in [-0.1, -0.05) is 30.3 Å². The number of anilines is 3. The Morgan fingerprint density at radius 1 is 0.875 bits per heavy atom. The highest BCUT2D eigenvalue weighted by Crippen LogP contribution is 2.32. The Kier molecular flexibility index (Phi) is 8.65. The number of sulfonamides is 2. The van der Waals surface area contributed by atoms with Gasteiger partial charge in [0, 0.05) is 17.6 Å². The SMILES string of the molecule is CCOc1ccccc1N(CC(=O)Nc1ccc(S(=O)(=O)Nc2nccc(C)n2)cc1)S(=O)(=O)c1ccccc1. The number of rotatable bonds is 11. The fourth-order valence-electron chi connectivity index (χ4n) is 3.69. The van der Waals surface area contributed by atoms with Crippen LogP contribution < -0.4 is 19.1 Å². The van der Waals surface area contributed by atoms with Crippen molar-refractivity contribution in [2.45, 2.75) is 23.6 Å². The minimum Gasteiger partial charge on any atom is -0.492 e. The summed E-state index contributed by atoms with van der Waals surface area (Å²) in [7, 11) is -8.13. The molecular formula is C27H27N5O6S2. The number of amides is 1. The molecule has 40 heavy (non-hydrogen) atoms. The monoisotopic (exact) mass is 581 g/mol. The predicted octanol–water partition coefficient (Wildman–Crippen LogP) is 3.82. The van der Waals surface area contributed by atoms with Gasteiger partial charge in [-0.25, -0.2) is 31.5 Å². The van der Waals surface area contributed by atoms with Crippen molar-refractivity contribution in [1.82, 2.24) is 9.97 Å². The van der Waals surface area contributed by atoms with Crippen LogP contribution in [0.5, 0.6) is 5.75 Å². The number of hydrogen-bond donors (Lipinski definition) is 2. The second-order valence-electron chi connectivity index (χ2n) is 8.43. The standard InChI is InChI=1S/C27H27N5O6S2/c1-3-38-25-12-8-7-11-24(25)32(40(36,37)23-9-5-4-6-10-23)19-26(33)30-21-13-15-22(16-14-21)39(34,35)31-27-28-18-17-20(2)29-27/h4-18H,3,19H2,1-2H3,(H,30,33)(H,28,29,31). The highest BCUT2D eigenvalue weighted by molar-refractivity contribution is 7.93. The zero-order valence-corrected chi connectivity index (χ0v) is 23.3. The first-order valence-electron chi connectivity index (χ1n) is 12.1. The summed E-state index contributed by atoms with van der Waals surface area (Å²) in [5, 5.41) is 2.63. The molecule has 208 valence electrons. The topological polar surface area (TPSA) is 148 Å². The van der Waals surface area contributed by atoms with E-state index in [9.17, 15) is 21.6 Å². The normalized spacial score (nSPS) is 11.4. The molecule has 0 aliphatic rings. The molecule has 3 aromatic carbocycles. The zero-order chi connectivity index (χ0) is 28.8. The maximum Gasteiger partial charge on any atom is 0.264 e. The molecule has 0 saturated carbocycles. The lowest BCUT2D eigenvalue weighted by molar-refractivity contribution is -0.114. The maximum atomic E-state index is 13.6. The number of aryl methyl sites for hydroxylation is 1. The lowest BCUT2D eigenvalue weighted by Gasteiger charge is -2.26. The summed E-state index contributed by atoms with van der Waals surface area (Å²) in [6, 6.07) is 21.3. The Morgan fingerprint density at radius 3 is 2.23 bits per heavy atom. The number of nitrogens with zero attached hydrogens (tertiary/aromatic N) is 3. The Morgan fingerprint density at radius 2 is 1.55 bits per heavy atom. The van der Waals surface area contributed by atoms with E-state index in [0.717, 1.165) is 4.31 Å². The summed E-state index contributed by atoms with van der Waals surface area (Å²) < 4.78 is 61.6. The van der Waals surface area contributed by atoms with Crippen LogP contribution >= 0.6 is 0 Å². The number of carbonyl (C=O) groups is 1. The van der Waals surface area contributed by atoms with Crippen LogP contribution in [0.25, 0.3) is 0 Å². The van der Waals surface area contributed by atoms with Gasteiger partial charge in [-0.15, -0.1) is 0 Å². The molecule has 2 N–H and O–H groups in total. The molecule has 13 heteroatoms. The van der Waals surface area contributed by atoms with E-state index in [1.54, 1.807) is 62.4 Å². The van der Waals surface area contributed by atoms with Crippen LogP contribution in [-0.4, -0.2) is 45.9 Å². The Bertz CT molecular complexity index is 1700. The highest BCUT2D eigenvalue weighted by Gasteiger charge is 2.29. The van der Waals surface area contributed by atoms with E-state index in [4.69, 9.17) is 4.74 Å². The lowest BCUT2D eigenvalue weighted by atomic mass is 10.3. The van der Waals surface area contributed by atoms with E-state index < -0.39 is 32.5 Å². The summed E-state index contributed by atoms with van der Waals surface area (Å²) in [6.45, 7) is 3.21. The van der Waals surface area contributed by atoms with Crippen LogP contribution in [0.1, 0.15) is 12.6 Å². The number of carbonyl (C=O) groups excluding carboxylic acids is 1. The van der Waals surface area contributed by atoms with Crippen LogP contribution in [0, 0.1) is 6.92 Å². The molecule has 0 atom stereocenters. The molecule has 0 unspecified atom stereocenters. The first-order chi connectivity index (χ1) is 19.1. The minimum atomic E-state index is -4.15. The van der Waals surface area contributed by atoms with E-state index in [0.29, 0.717) is 18.1 Å². The van der Waals surface area contributed by atoms with Gasteiger partial charge in [-0.3, -0.25) is 9.10 Å². The van der Waals surface area contributed by atoms with Crippen molar-refractivity contribution in [3.05, 3.63) is 96.8 Å². The molecule has 0 spiro atoms. The number of para-hydroxylation sites is 2. The van der Waals surface area contributed by atoms with Gasteiger partial charge in [-0.2, -0.15) is 0 Å². The fraction of sp³-hybridized carbons (Fsp3) is 0.148. The molecule has 0 fully saturated rings. The molecular weight excluding hydrogens is 554 g/mol. The summed E-state index contributed by atoms with van der Waals surface area (Å²) in [4.78, 5) is 21.0. The zero-order valence-electron chi connectivity index (χ0n) is 21.7. The van der Waals surface area contributed by atoms with Gasteiger partial charge in [0.25, 0.3) is 20.0 Å². The molecule has 1 heterocycles. The van der Waals surface area contributed by atoms with Gasteiger partial charge in [0.05, 0.1) is 22.1 Å². The van der Waals surface area contributed by atoms with E-state index >= 15 is 0 Å². The second-order valence-corrected chi connectivity index (χ2v) is 12.0. The Hall–Kier alpha value is -4.49. The van der Waals surface area contributed by atoms with Crippen LogP contribution in [0.2, 0.25) is 0 Å². The van der Waals surface area contributed by atoms with Gasteiger partial charge in [0.15, 0.2) is 0 Å². The van der Waals surface area contributed by atoms with Crippen LogP contribution in [0.3, 0.4) is 0 Å². The summed E-state index contributed by atoms with van der Waals surface area (Å²) in [6.07, 6.45) is 1.44. The average Bonchev–Trinajstić information content (AvgIpc) is 2.93. The van der Waals surface area contributed by atoms with Crippen LogP contribution in [0.4, 0.5) is 17.3 Å². The van der Waals surface area contributed by atoms with Crippen molar-refractivity contribution in [3.63, 3.8) is 0 Å². The molecule has 0 bridgehead atoms. The average molecular weight is 582 g/mol. The van der Waals surface area contributed by atoms with Crippen molar-refractivity contribution in [2.75, 3.05) is 27.5 Å².